The number of nitrogens with zero attached hydrogens (tertiary/aromatic N) is 1. The number of hydrogen-bond acceptors (Lipinski definition) is 7. The normalized spacial score (nSPS) is 14.2. The maximum Gasteiger partial charge on any atom is 0.343 e. The number of rotatable bonds is 11. The van der Waals surface area contributed by atoms with Crippen LogP contribution in [0.3, 0.4) is 0 Å². The number of allylic oxidation sites excluding steroid dienone is 1. The average Bonchev–Trinajstić information content (AvgIpc) is 2.94. The largest absolute Gasteiger partial charge is 0.494 e. The maximum absolute atomic E-state index is 12.8. The molecule has 0 aromatic heterocycles. The average molecular weight is 513 g/mol. The molecule has 3 aromatic carbocycles. The highest BCUT2D eigenvalue weighted by Crippen LogP contribution is 2.43. The van der Waals surface area contributed by atoms with Crippen molar-refractivity contribution in [3.63, 3.8) is 0 Å². The number of nitrogens with two attached hydrogens (primary N) is 1. The molecule has 1 aliphatic heterocycles. The first-order valence-electron chi connectivity index (χ1n) is 12.9. The fraction of sp³-hybridized carbons (Fsp3) is 0.290. The lowest BCUT2D eigenvalue weighted by Gasteiger charge is -2.26. The molecule has 0 saturated heterocycles. The number of esters is 1. The molecule has 0 saturated carbocycles. The molecule has 7 heteroatoms. The number of nitriles is 1. The van der Waals surface area contributed by atoms with E-state index in [0.717, 1.165) is 42.6 Å². The van der Waals surface area contributed by atoms with Crippen LogP contribution in [0.25, 0.3) is 0 Å². The summed E-state index contributed by atoms with van der Waals surface area (Å²) in [6.07, 6.45) is 4.14. The summed E-state index contributed by atoms with van der Waals surface area (Å²) < 4.78 is 22.8. The molecule has 4 rings (SSSR count). The van der Waals surface area contributed by atoms with Gasteiger partial charge in [0.1, 0.15) is 34.6 Å². The number of hydrogen-bond donors (Lipinski definition) is 1. The molecular formula is C31H32N2O5. The fourth-order valence-electron chi connectivity index (χ4n) is 4.24. The quantitative estimate of drug-likeness (QED) is 0.178. The van der Waals surface area contributed by atoms with Crippen molar-refractivity contribution >= 4 is 5.97 Å². The van der Waals surface area contributed by atoms with Gasteiger partial charge in [-0.2, -0.15) is 5.26 Å². The maximum atomic E-state index is 12.8. The minimum atomic E-state index is -0.519. The molecule has 0 fully saturated rings. The van der Waals surface area contributed by atoms with Crippen molar-refractivity contribution in [1.29, 1.82) is 5.26 Å². The summed E-state index contributed by atoms with van der Waals surface area (Å²) in [7, 11) is 0. The monoisotopic (exact) mass is 512 g/mol. The summed E-state index contributed by atoms with van der Waals surface area (Å²) in [5, 5.41) is 9.84. The van der Waals surface area contributed by atoms with Gasteiger partial charge in [-0.1, -0.05) is 51.0 Å². The van der Waals surface area contributed by atoms with Crippen LogP contribution in [-0.4, -0.2) is 19.2 Å². The number of fused-ring (bicyclic) bond motifs is 1. The summed E-state index contributed by atoms with van der Waals surface area (Å²) in [5.41, 5.74) is 8.47. The molecule has 0 aliphatic carbocycles. The first-order chi connectivity index (χ1) is 18.5. The Labute approximate surface area is 223 Å². The molecule has 0 bridgehead atoms. The van der Waals surface area contributed by atoms with Gasteiger partial charge in [-0.15, -0.1) is 0 Å². The lowest BCUT2D eigenvalue weighted by atomic mass is 9.83. The van der Waals surface area contributed by atoms with Gasteiger partial charge in [0.25, 0.3) is 0 Å². The van der Waals surface area contributed by atoms with Crippen molar-refractivity contribution in [3.8, 4) is 29.1 Å². The Hall–Kier alpha value is -4.44. The first-order valence-corrected chi connectivity index (χ1v) is 12.9. The second-order valence-corrected chi connectivity index (χ2v) is 9.01. The fourth-order valence-corrected chi connectivity index (χ4v) is 4.24. The summed E-state index contributed by atoms with van der Waals surface area (Å²) in [6.45, 7) is 5.40. The van der Waals surface area contributed by atoms with Crippen LogP contribution in [0.2, 0.25) is 0 Å². The van der Waals surface area contributed by atoms with Crippen LogP contribution in [0.1, 0.15) is 66.9 Å². The van der Waals surface area contributed by atoms with Crippen LogP contribution < -0.4 is 24.7 Å². The molecule has 38 heavy (non-hydrogen) atoms. The van der Waals surface area contributed by atoms with E-state index in [-0.39, 0.29) is 5.88 Å². The zero-order valence-corrected chi connectivity index (χ0v) is 21.7. The lowest BCUT2D eigenvalue weighted by molar-refractivity contribution is 0.0734. The first kappa shape index (κ1) is 26.6. The number of carbonyl (C=O) groups excluding carboxylic acids is 1. The molecule has 0 amide bonds. The van der Waals surface area contributed by atoms with Gasteiger partial charge in [0, 0.05) is 11.6 Å². The molecule has 3 aromatic rings. The highest BCUT2D eigenvalue weighted by Gasteiger charge is 2.31. The Balaban J connectivity index is 1.54. The zero-order chi connectivity index (χ0) is 26.9. The zero-order valence-electron chi connectivity index (χ0n) is 21.7. The predicted molar refractivity (Wildman–Crippen MR) is 144 cm³/mol. The van der Waals surface area contributed by atoms with E-state index >= 15 is 0 Å². The Bertz CT molecular complexity index is 1340. The van der Waals surface area contributed by atoms with Gasteiger partial charge in [-0.05, 0) is 54.8 Å². The molecule has 7 nitrogen and oxygen atoms in total. The van der Waals surface area contributed by atoms with E-state index in [1.54, 1.807) is 42.5 Å². The van der Waals surface area contributed by atoms with Crippen molar-refractivity contribution < 1.29 is 23.7 Å². The Kier molecular flexibility index (Phi) is 8.89. The lowest BCUT2D eigenvalue weighted by Crippen LogP contribution is -2.21. The van der Waals surface area contributed by atoms with E-state index in [2.05, 4.69) is 13.0 Å². The standard InChI is InChI=1S/C31H32N2O5/c1-3-5-6-17-36-23-12-10-21(11-13-23)29-26-15-14-25(19-28(26)38-30(33)27(29)20-32)37-31(34)22-8-7-9-24(18-22)35-16-4-2/h7-15,18-19,29H,3-6,16-17,33H2,1-2H3. The summed E-state index contributed by atoms with van der Waals surface area (Å²) >= 11 is 0. The number of benzene rings is 3. The van der Waals surface area contributed by atoms with Crippen molar-refractivity contribution in [3.05, 3.63) is 94.9 Å². The van der Waals surface area contributed by atoms with E-state index in [0.29, 0.717) is 41.6 Å². The Morgan fingerprint density at radius 1 is 0.921 bits per heavy atom. The van der Waals surface area contributed by atoms with Gasteiger partial charge in [0.15, 0.2) is 0 Å². The van der Waals surface area contributed by atoms with Crippen molar-refractivity contribution in [2.75, 3.05) is 13.2 Å². The highest BCUT2D eigenvalue weighted by atomic mass is 16.5. The third kappa shape index (κ3) is 6.27. The molecule has 0 spiro atoms. The SMILES string of the molecule is CCCCCOc1ccc(C2C(C#N)=C(N)Oc3cc(OC(=O)c4cccc(OCCC)c4)ccc32)cc1. The van der Waals surface area contributed by atoms with Gasteiger partial charge in [0.05, 0.1) is 24.7 Å². The van der Waals surface area contributed by atoms with Gasteiger partial charge in [-0.25, -0.2) is 4.79 Å². The Morgan fingerprint density at radius 3 is 2.42 bits per heavy atom. The molecule has 2 N–H and O–H groups in total. The van der Waals surface area contributed by atoms with Gasteiger partial charge < -0.3 is 24.7 Å². The number of carbonyl (C=O) groups is 1. The van der Waals surface area contributed by atoms with Crippen LogP contribution in [0, 0.1) is 11.3 Å². The smallest absolute Gasteiger partial charge is 0.343 e. The molecule has 1 atom stereocenters. The Morgan fingerprint density at radius 2 is 1.68 bits per heavy atom. The van der Waals surface area contributed by atoms with Gasteiger partial charge in [0.2, 0.25) is 5.88 Å². The van der Waals surface area contributed by atoms with Crippen LogP contribution in [0.15, 0.2) is 78.2 Å². The molecule has 1 unspecified atom stereocenters. The van der Waals surface area contributed by atoms with Crippen LogP contribution >= 0.6 is 0 Å². The molecule has 0 radical (unpaired) electrons. The van der Waals surface area contributed by atoms with Crippen molar-refractivity contribution in [2.24, 2.45) is 5.73 Å². The van der Waals surface area contributed by atoms with Crippen LogP contribution in [0.5, 0.6) is 23.0 Å². The van der Waals surface area contributed by atoms with E-state index in [1.165, 1.54) is 0 Å². The second-order valence-electron chi connectivity index (χ2n) is 9.01. The van der Waals surface area contributed by atoms with Crippen LogP contribution in [0.4, 0.5) is 0 Å². The van der Waals surface area contributed by atoms with Crippen molar-refractivity contribution in [1.82, 2.24) is 0 Å². The van der Waals surface area contributed by atoms with Crippen molar-refractivity contribution in [2.45, 2.75) is 45.4 Å². The van der Waals surface area contributed by atoms with E-state index < -0.39 is 11.9 Å². The molecule has 196 valence electrons. The minimum Gasteiger partial charge on any atom is -0.494 e. The number of ether oxygens (including phenoxy) is 4. The summed E-state index contributed by atoms with van der Waals surface area (Å²) in [4.78, 5) is 12.8. The molecule has 1 heterocycles. The topological polar surface area (TPSA) is 104 Å². The van der Waals surface area contributed by atoms with E-state index in [4.69, 9.17) is 24.7 Å². The van der Waals surface area contributed by atoms with Gasteiger partial charge in [-0.3, -0.25) is 0 Å². The third-order valence-electron chi connectivity index (χ3n) is 6.17. The molecule has 1 aliphatic rings. The second kappa shape index (κ2) is 12.7. The summed E-state index contributed by atoms with van der Waals surface area (Å²) in [5.74, 6) is 1.20. The third-order valence-corrected chi connectivity index (χ3v) is 6.17. The predicted octanol–water partition coefficient (Wildman–Crippen LogP) is 6.48. The molecular weight excluding hydrogens is 480 g/mol. The van der Waals surface area contributed by atoms with E-state index in [1.807, 2.05) is 31.2 Å². The highest BCUT2D eigenvalue weighted by molar-refractivity contribution is 5.91. The van der Waals surface area contributed by atoms with E-state index in [9.17, 15) is 10.1 Å². The van der Waals surface area contributed by atoms with Gasteiger partial charge >= 0.3 is 5.97 Å². The summed E-state index contributed by atoms with van der Waals surface area (Å²) in [6, 6.07) is 21.8. The van der Waals surface area contributed by atoms with Crippen LogP contribution in [-0.2, 0) is 0 Å². The minimum absolute atomic E-state index is 0.0224. The number of unbranched alkanes of at least 4 members (excludes halogenated alkanes) is 2.